The van der Waals surface area contributed by atoms with Crippen LogP contribution in [0.25, 0.3) is 0 Å². The van der Waals surface area contributed by atoms with Gasteiger partial charge in [0.15, 0.2) is 0 Å². The van der Waals surface area contributed by atoms with Crippen LogP contribution < -0.4 is 10.6 Å². The number of anilines is 1. The van der Waals surface area contributed by atoms with Crippen LogP contribution in [0, 0.1) is 6.92 Å². The zero-order valence-corrected chi connectivity index (χ0v) is 12.6. The SMILES string of the molecule is CCN(c1cccc(C)c1)C(CN)c1cncn1CC. The van der Waals surface area contributed by atoms with Crippen LogP contribution in [0.3, 0.4) is 0 Å². The molecule has 1 unspecified atom stereocenters. The number of nitrogens with zero attached hydrogens (tertiary/aromatic N) is 3. The van der Waals surface area contributed by atoms with Crippen molar-refractivity contribution in [1.29, 1.82) is 0 Å². The molecule has 0 bridgehead atoms. The first-order chi connectivity index (χ1) is 9.71. The lowest BCUT2D eigenvalue weighted by Gasteiger charge is -2.32. The third kappa shape index (κ3) is 2.85. The van der Waals surface area contributed by atoms with E-state index in [1.54, 1.807) is 0 Å². The maximum Gasteiger partial charge on any atom is 0.0948 e. The maximum atomic E-state index is 6.06. The Bertz CT molecular complexity index is 547. The Morgan fingerprint density at radius 2 is 2.15 bits per heavy atom. The fraction of sp³-hybridized carbons (Fsp3) is 0.438. The van der Waals surface area contributed by atoms with Crippen molar-refractivity contribution in [3.05, 3.63) is 48.0 Å². The molecule has 0 spiro atoms. The first kappa shape index (κ1) is 14.6. The second-order valence-electron chi connectivity index (χ2n) is 4.98. The first-order valence-corrected chi connectivity index (χ1v) is 7.24. The molecule has 0 aliphatic carbocycles. The monoisotopic (exact) mass is 272 g/mol. The molecular formula is C16H24N4. The molecule has 4 heteroatoms. The Balaban J connectivity index is 2.37. The summed E-state index contributed by atoms with van der Waals surface area (Å²) in [4.78, 5) is 6.61. The van der Waals surface area contributed by atoms with Crippen LogP contribution in [0.15, 0.2) is 36.8 Å². The lowest BCUT2D eigenvalue weighted by Crippen LogP contribution is -2.35. The van der Waals surface area contributed by atoms with Crippen LogP contribution in [0.1, 0.15) is 31.1 Å². The van der Waals surface area contributed by atoms with E-state index in [1.807, 2.05) is 12.5 Å². The molecule has 108 valence electrons. The Morgan fingerprint density at radius 3 is 2.75 bits per heavy atom. The van der Waals surface area contributed by atoms with Gasteiger partial charge in [0.1, 0.15) is 0 Å². The van der Waals surface area contributed by atoms with Crippen LogP contribution in [-0.4, -0.2) is 22.6 Å². The van der Waals surface area contributed by atoms with Crippen molar-refractivity contribution < 1.29 is 0 Å². The van der Waals surface area contributed by atoms with Crippen LogP contribution in [-0.2, 0) is 6.54 Å². The van der Waals surface area contributed by atoms with Crippen LogP contribution in [0.2, 0.25) is 0 Å². The van der Waals surface area contributed by atoms with Crippen molar-refractivity contribution in [2.75, 3.05) is 18.0 Å². The highest BCUT2D eigenvalue weighted by atomic mass is 15.2. The van der Waals surface area contributed by atoms with Crippen molar-refractivity contribution in [1.82, 2.24) is 9.55 Å². The minimum Gasteiger partial charge on any atom is -0.362 e. The molecule has 2 N–H and O–H groups in total. The highest BCUT2D eigenvalue weighted by Crippen LogP contribution is 2.26. The van der Waals surface area contributed by atoms with Gasteiger partial charge in [-0.05, 0) is 38.5 Å². The summed E-state index contributed by atoms with van der Waals surface area (Å²) in [6, 6.07) is 8.72. The average molecular weight is 272 g/mol. The second kappa shape index (κ2) is 6.57. The number of benzene rings is 1. The highest BCUT2D eigenvalue weighted by Gasteiger charge is 2.21. The van der Waals surface area contributed by atoms with Gasteiger partial charge >= 0.3 is 0 Å². The number of likely N-dealkylation sites (N-methyl/N-ethyl adjacent to an activating group) is 1. The van der Waals surface area contributed by atoms with E-state index in [9.17, 15) is 0 Å². The van der Waals surface area contributed by atoms with Crippen molar-refractivity contribution in [2.24, 2.45) is 5.73 Å². The second-order valence-corrected chi connectivity index (χ2v) is 4.98. The topological polar surface area (TPSA) is 47.1 Å². The molecule has 4 nitrogen and oxygen atoms in total. The molecule has 0 fully saturated rings. The van der Waals surface area contributed by atoms with E-state index in [2.05, 4.69) is 59.5 Å². The van der Waals surface area contributed by atoms with E-state index in [1.165, 1.54) is 16.9 Å². The smallest absolute Gasteiger partial charge is 0.0948 e. The summed E-state index contributed by atoms with van der Waals surface area (Å²) in [6.45, 7) is 8.81. The molecule has 0 saturated heterocycles. The van der Waals surface area contributed by atoms with Gasteiger partial charge in [-0.2, -0.15) is 0 Å². The molecule has 1 aromatic heterocycles. The molecule has 2 rings (SSSR count). The summed E-state index contributed by atoms with van der Waals surface area (Å²) in [5.74, 6) is 0. The van der Waals surface area contributed by atoms with Gasteiger partial charge in [-0.3, -0.25) is 0 Å². The Morgan fingerprint density at radius 1 is 1.35 bits per heavy atom. The van der Waals surface area contributed by atoms with Crippen LogP contribution in [0.4, 0.5) is 5.69 Å². The lowest BCUT2D eigenvalue weighted by molar-refractivity contribution is 0.581. The minimum absolute atomic E-state index is 0.157. The molecule has 20 heavy (non-hydrogen) atoms. The molecule has 0 aliphatic rings. The van der Waals surface area contributed by atoms with Crippen molar-refractivity contribution in [3.8, 4) is 0 Å². The predicted octanol–water partition coefficient (Wildman–Crippen LogP) is 2.74. The molecule has 1 aromatic carbocycles. The fourth-order valence-corrected chi connectivity index (χ4v) is 2.67. The standard InChI is InChI=1S/C16H24N4/c1-4-19-12-18-11-16(19)15(10-17)20(5-2)14-8-6-7-13(3)9-14/h6-9,11-12,15H,4-5,10,17H2,1-3H3. The number of imidazole rings is 1. The van der Waals surface area contributed by atoms with Crippen molar-refractivity contribution in [2.45, 2.75) is 33.4 Å². The third-order valence-electron chi connectivity index (χ3n) is 3.70. The van der Waals surface area contributed by atoms with E-state index in [4.69, 9.17) is 5.73 Å². The molecule has 0 amide bonds. The lowest BCUT2D eigenvalue weighted by atomic mass is 10.1. The van der Waals surface area contributed by atoms with Gasteiger partial charge in [0.05, 0.1) is 24.3 Å². The molecule has 2 aromatic rings. The van der Waals surface area contributed by atoms with Gasteiger partial charge in [-0.15, -0.1) is 0 Å². The van der Waals surface area contributed by atoms with Crippen molar-refractivity contribution >= 4 is 5.69 Å². The number of hydrogen-bond acceptors (Lipinski definition) is 3. The summed E-state index contributed by atoms with van der Waals surface area (Å²) in [7, 11) is 0. The quantitative estimate of drug-likeness (QED) is 0.879. The van der Waals surface area contributed by atoms with E-state index >= 15 is 0 Å². The average Bonchev–Trinajstić information content (AvgIpc) is 2.92. The number of hydrogen-bond donors (Lipinski definition) is 1. The number of nitrogens with two attached hydrogens (primary N) is 1. The van der Waals surface area contributed by atoms with Crippen molar-refractivity contribution in [3.63, 3.8) is 0 Å². The van der Waals surface area contributed by atoms with Gasteiger partial charge < -0.3 is 15.2 Å². The van der Waals surface area contributed by atoms with Crippen LogP contribution >= 0.6 is 0 Å². The third-order valence-corrected chi connectivity index (χ3v) is 3.70. The Kier molecular flexibility index (Phi) is 4.79. The summed E-state index contributed by atoms with van der Waals surface area (Å²) in [5.41, 5.74) is 9.71. The molecule has 0 aliphatic heterocycles. The summed E-state index contributed by atoms with van der Waals surface area (Å²) >= 11 is 0. The normalized spacial score (nSPS) is 12.4. The van der Waals surface area contributed by atoms with Gasteiger partial charge in [-0.1, -0.05) is 12.1 Å². The van der Waals surface area contributed by atoms with Gasteiger partial charge in [0.2, 0.25) is 0 Å². The summed E-state index contributed by atoms with van der Waals surface area (Å²) in [5, 5.41) is 0. The Labute approximate surface area is 121 Å². The fourth-order valence-electron chi connectivity index (χ4n) is 2.67. The Hall–Kier alpha value is -1.81. The van der Waals surface area contributed by atoms with E-state index in [0.717, 1.165) is 13.1 Å². The van der Waals surface area contributed by atoms with E-state index in [-0.39, 0.29) is 6.04 Å². The van der Waals surface area contributed by atoms with Crippen LogP contribution in [0.5, 0.6) is 0 Å². The van der Waals surface area contributed by atoms with Gasteiger partial charge in [0.25, 0.3) is 0 Å². The molecule has 0 radical (unpaired) electrons. The zero-order valence-electron chi connectivity index (χ0n) is 12.6. The maximum absolute atomic E-state index is 6.06. The summed E-state index contributed by atoms with van der Waals surface area (Å²) in [6.07, 6.45) is 3.81. The number of rotatable bonds is 6. The number of aromatic nitrogens is 2. The van der Waals surface area contributed by atoms with E-state index in [0.29, 0.717) is 6.54 Å². The zero-order chi connectivity index (χ0) is 14.5. The minimum atomic E-state index is 0.157. The molecular weight excluding hydrogens is 248 g/mol. The number of aryl methyl sites for hydroxylation is 2. The van der Waals surface area contributed by atoms with Gasteiger partial charge in [0, 0.05) is 25.3 Å². The first-order valence-electron chi connectivity index (χ1n) is 7.24. The molecule has 1 atom stereocenters. The highest BCUT2D eigenvalue weighted by molar-refractivity contribution is 5.50. The summed E-state index contributed by atoms with van der Waals surface area (Å²) < 4.78 is 2.16. The van der Waals surface area contributed by atoms with E-state index < -0.39 is 0 Å². The molecule has 1 heterocycles. The molecule has 0 saturated carbocycles. The van der Waals surface area contributed by atoms with Gasteiger partial charge in [-0.25, -0.2) is 4.98 Å². The predicted molar refractivity (Wildman–Crippen MR) is 83.9 cm³/mol. The largest absolute Gasteiger partial charge is 0.362 e.